The van der Waals surface area contributed by atoms with Gasteiger partial charge in [0.25, 0.3) is 0 Å². The zero-order valence-electron chi connectivity index (χ0n) is 43.4. The number of furan rings is 1. The quantitative estimate of drug-likeness (QED) is 0.162. The number of hydrogen-bond acceptors (Lipinski definition) is 1. The topological polar surface area (TPSA) is 13.1 Å². The van der Waals surface area contributed by atoms with Crippen LogP contribution in [0.15, 0.2) is 4.42 Å². The molecular weight excluding hydrogens is 761 g/mol. The van der Waals surface area contributed by atoms with Crippen LogP contribution in [0.5, 0.6) is 0 Å². The third-order valence-corrected chi connectivity index (χ3v) is 18.2. The minimum Gasteiger partial charge on any atom is -0.455 e. The van der Waals surface area contributed by atoms with E-state index in [1.807, 2.05) is 0 Å². The summed E-state index contributed by atoms with van der Waals surface area (Å²) < 4.78 is 7.19. The summed E-state index contributed by atoms with van der Waals surface area (Å²) in [6.07, 6.45) is 0. The van der Waals surface area contributed by atoms with E-state index in [9.17, 15) is 0 Å². The van der Waals surface area contributed by atoms with Gasteiger partial charge in [-0.2, -0.15) is 0 Å². The van der Waals surface area contributed by atoms with Crippen LogP contribution in [-0.4, -0.2) is 0 Å². The van der Waals surface area contributed by atoms with Crippen LogP contribution in [0.4, 0.5) is 0 Å². The molecule has 0 saturated heterocycles. The van der Waals surface area contributed by atoms with Crippen LogP contribution in [0.1, 0.15) is 134 Å². The molecule has 0 N–H and O–H groups in total. The highest BCUT2D eigenvalue weighted by atomic mass is 16.3. The van der Waals surface area contributed by atoms with Gasteiger partial charge in [0.05, 0.1) is 0 Å². The molecule has 0 aliphatic rings. The normalized spacial score (nSPS) is 12.1. The fraction of sp³-hybridized carbons (Fsp3) is 0.387. The highest BCUT2D eigenvalue weighted by Crippen LogP contribution is 2.56. The van der Waals surface area contributed by atoms with E-state index in [1.54, 1.807) is 0 Å². The molecule has 0 amide bonds. The lowest BCUT2D eigenvalue weighted by Crippen LogP contribution is -2.08. The Morgan fingerprint density at radius 3 is 0.730 bits per heavy atom. The van der Waals surface area contributed by atoms with Crippen molar-refractivity contribution in [3.05, 3.63) is 134 Å². The second kappa shape index (κ2) is 14.7. The average Bonchev–Trinajstić information content (AvgIpc) is 3.66. The fourth-order valence-electron chi connectivity index (χ4n) is 12.2. The van der Waals surface area contributed by atoms with Crippen molar-refractivity contribution >= 4 is 43.5 Å². The Balaban J connectivity index is 1.77. The van der Waals surface area contributed by atoms with Gasteiger partial charge >= 0.3 is 0 Å². The summed E-state index contributed by atoms with van der Waals surface area (Å²) in [6, 6.07) is 0. The van der Waals surface area contributed by atoms with E-state index in [1.165, 1.54) is 199 Å². The van der Waals surface area contributed by atoms with Gasteiger partial charge in [-0.05, 0) is 355 Å². The van der Waals surface area contributed by atoms with Crippen molar-refractivity contribution in [3.63, 3.8) is 0 Å². The molecule has 1 aromatic heterocycles. The molecule has 0 radical (unpaired) electrons. The number of rotatable bonds is 3. The van der Waals surface area contributed by atoms with Crippen LogP contribution in [0, 0.1) is 166 Å². The predicted octanol–water partition coefficient (Wildman–Crippen LogP) is 18.3. The molecule has 63 heavy (non-hydrogen) atoms. The first kappa shape index (κ1) is 44.5. The van der Waals surface area contributed by atoms with Gasteiger partial charge in [-0.1, -0.05) is 0 Å². The van der Waals surface area contributed by atoms with Crippen LogP contribution >= 0.6 is 0 Å². The largest absolute Gasteiger partial charge is 0.455 e. The third kappa shape index (κ3) is 5.60. The Hall–Kier alpha value is -5.14. The highest BCUT2D eigenvalue weighted by Gasteiger charge is 2.32. The molecular formula is C62H72O. The van der Waals surface area contributed by atoms with Gasteiger partial charge < -0.3 is 4.42 Å². The van der Waals surface area contributed by atoms with Crippen LogP contribution in [0.3, 0.4) is 0 Å². The van der Waals surface area contributed by atoms with Crippen molar-refractivity contribution < 1.29 is 4.42 Å². The van der Waals surface area contributed by atoms with Crippen molar-refractivity contribution in [1.82, 2.24) is 0 Å². The molecule has 0 aliphatic heterocycles. The third-order valence-electron chi connectivity index (χ3n) is 18.2. The Morgan fingerprint density at radius 1 is 0.143 bits per heavy atom. The molecule has 7 aromatic carbocycles. The Kier molecular flexibility index (Phi) is 10.4. The van der Waals surface area contributed by atoms with Crippen LogP contribution in [-0.2, 0) is 0 Å². The van der Waals surface area contributed by atoms with Crippen molar-refractivity contribution in [3.8, 4) is 33.4 Å². The molecule has 1 heteroatoms. The second-order valence-corrected chi connectivity index (χ2v) is 20.3. The zero-order valence-corrected chi connectivity index (χ0v) is 43.4. The summed E-state index contributed by atoms with van der Waals surface area (Å²) in [5.74, 6) is 0. The summed E-state index contributed by atoms with van der Waals surface area (Å²) in [5, 5.41) is 8.11. The van der Waals surface area contributed by atoms with E-state index in [4.69, 9.17) is 4.42 Å². The van der Waals surface area contributed by atoms with Gasteiger partial charge in [-0.3, -0.25) is 0 Å². The van der Waals surface area contributed by atoms with E-state index in [2.05, 4.69) is 166 Å². The van der Waals surface area contributed by atoms with Gasteiger partial charge in [0, 0.05) is 10.8 Å². The highest BCUT2D eigenvalue weighted by molar-refractivity contribution is 6.30. The SMILES string of the molecule is Cc1c(C)c(C)c(-c2c(C)c(C)c(C)c(-c3c4c(C)c(C)c(C)c(C)c4c(-c4c(C)c(C)c(C)c5oc6c(C)c(C)c(C)c(C)c6c45)c4c(C)c(C)c(C)c(C)c34)c2C)c(C)c1C. The summed E-state index contributed by atoms with van der Waals surface area (Å²) in [6.45, 7) is 56.4. The van der Waals surface area contributed by atoms with Crippen LogP contribution in [0.2, 0.25) is 0 Å². The summed E-state index contributed by atoms with van der Waals surface area (Å²) in [5.41, 5.74) is 43.1. The molecule has 0 saturated carbocycles. The number of aryl methyl sites for hydroxylation is 7. The maximum atomic E-state index is 7.19. The van der Waals surface area contributed by atoms with E-state index in [-0.39, 0.29) is 0 Å². The van der Waals surface area contributed by atoms with Crippen molar-refractivity contribution in [2.45, 2.75) is 166 Å². The minimum atomic E-state index is 1.03. The lowest BCUT2D eigenvalue weighted by atomic mass is 9.72. The predicted molar refractivity (Wildman–Crippen MR) is 279 cm³/mol. The maximum absolute atomic E-state index is 7.19. The van der Waals surface area contributed by atoms with Gasteiger partial charge in [0.1, 0.15) is 11.2 Å². The Bertz CT molecular complexity index is 3330. The van der Waals surface area contributed by atoms with E-state index in [0.29, 0.717) is 0 Å². The molecule has 0 unspecified atom stereocenters. The molecule has 0 spiro atoms. The maximum Gasteiger partial charge on any atom is 0.139 e. The van der Waals surface area contributed by atoms with E-state index < -0.39 is 0 Å². The molecule has 326 valence electrons. The number of benzene rings is 7. The van der Waals surface area contributed by atoms with E-state index in [0.717, 1.165) is 11.2 Å². The monoisotopic (exact) mass is 833 g/mol. The van der Waals surface area contributed by atoms with Gasteiger partial charge in [0.15, 0.2) is 0 Å². The van der Waals surface area contributed by atoms with Gasteiger partial charge in [-0.15, -0.1) is 0 Å². The zero-order chi connectivity index (χ0) is 46.6. The van der Waals surface area contributed by atoms with E-state index >= 15 is 0 Å². The number of hydrogen-bond donors (Lipinski definition) is 0. The molecule has 1 heterocycles. The van der Waals surface area contributed by atoms with Crippen molar-refractivity contribution in [2.24, 2.45) is 0 Å². The molecule has 0 fully saturated rings. The summed E-state index contributed by atoms with van der Waals surface area (Å²) in [4.78, 5) is 0. The molecule has 0 bridgehead atoms. The van der Waals surface area contributed by atoms with Gasteiger partial charge in [-0.25, -0.2) is 0 Å². The standard InChI is InChI=1S/C62H72O/c1-25-26(2)36(12)49(37(13)27(25)3)50-38(14)34(10)39(15)51(48(50)24)58-52-40(16)28(4)30(6)42(18)54(52)59(55-43(19)31(7)29(5)41(17)53(55)58)56-44(20)35(11)47(23)62-60(56)57-45(21)32(8)33(9)46(22)61(57)63-62/h1-24H3. The molecule has 8 rings (SSSR count). The van der Waals surface area contributed by atoms with Crippen LogP contribution in [0.25, 0.3) is 76.9 Å². The van der Waals surface area contributed by atoms with Crippen molar-refractivity contribution in [2.75, 3.05) is 0 Å². The second-order valence-electron chi connectivity index (χ2n) is 20.3. The molecule has 0 aliphatic carbocycles. The first-order valence-corrected chi connectivity index (χ1v) is 23.4. The van der Waals surface area contributed by atoms with Gasteiger partial charge in [0.2, 0.25) is 0 Å². The Labute approximate surface area is 379 Å². The molecule has 8 aromatic rings. The number of fused-ring (bicyclic) bond motifs is 5. The first-order chi connectivity index (χ1) is 29.3. The molecule has 1 nitrogen and oxygen atoms in total. The first-order valence-electron chi connectivity index (χ1n) is 23.4. The lowest BCUT2D eigenvalue weighted by molar-refractivity contribution is 0.661. The van der Waals surface area contributed by atoms with Crippen molar-refractivity contribution in [1.29, 1.82) is 0 Å². The summed E-state index contributed by atoms with van der Waals surface area (Å²) >= 11 is 0. The smallest absolute Gasteiger partial charge is 0.139 e. The fourth-order valence-corrected chi connectivity index (χ4v) is 12.2. The lowest BCUT2D eigenvalue weighted by Gasteiger charge is -2.31. The molecule has 0 atom stereocenters. The average molecular weight is 833 g/mol. The minimum absolute atomic E-state index is 1.03. The summed E-state index contributed by atoms with van der Waals surface area (Å²) in [7, 11) is 0. The Morgan fingerprint density at radius 2 is 0.349 bits per heavy atom. The van der Waals surface area contributed by atoms with Crippen LogP contribution < -0.4 is 0 Å².